The van der Waals surface area contributed by atoms with Crippen molar-refractivity contribution in [2.24, 2.45) is 0 Å². The molecular weight excluding hydrogens is 276 g/mol. The van der Waals surface area contributed by atoms with E-state index in [1.165, 1.54) is 0 Å². The number of rotatable bonds is 7. The van der Waals surface area contributed by atoms with E-state index in [2.05, 4.69) is 10.6 Å². The summed E-state index contributed by atoms with van der Waals surface area (Å²) in [6, 6.07) is 16.1. The number of anilines is 1. The first kappa shape index (κ1) is 15.9. The van der Waals surface area contributed by atoms with E-state index >= 15 is 0 Å². The smallest absolute Gasteiger partial charge is 0.239 e. The van der Waals surface area contributed by atoms with Gasteiger partial charge in [-0.05, 0) is 49.2 Å². The number of amides is 1. The molecule has 0 heterocycles. The molecule has 1 amide bonds. The molecular formula is C18H22N2O2. The van der Waals surface area contributed by atoms with Crippen molar-refractivity contribution in [3.05, 3.63) is 48.5 Å². The fraction of sp³-hybridized carbons (Fsp3) is 0.278. The van der Waals surface area contributed by atoms with Crippen LogP contribution in [0.25, 0.3) is 11.1 Å². The third-order valence-corrected chi connectivity index (χ3v) is 3.21. The summed E-state index contributed by atoms with van der Waals surface area (Å²) >= 11 is 0. The molecule has 0 bridgehead atoms. The SMILES string of the molecule is CCNC(=O)CNc1ccc(-c2ccc(OCC)cc2)cc1. The maximum Gasteiger partial charge on any atom is 0.239 e. The molecule has 2 rings (SSSR count). The molecule has 4 heteroatoms. The van der Waals surface area contributed by atoms with Crippen LogP contribution in [0.3, 0.4) is 0 Å². The van der Waals surface area contributed by atoms with Crippen molar-refractivity contribution < 1.29 is 9.53 Å². The molecule has 0 spiro atoms. The molecule has 22 heavy (non-hydrogen) atoms. The average molecular weight is 298 g/mol. The second-order valence-corrected chi connectivity index (χ2v) is 4.84. The third kappa shape index (κ3) is 4.52. The van der Waals surface area contributed by atoms with Crippen LogP contribution in [0.1, 0.15) is 13.8 Å². The number of likely N-dealkylation sites (N-methyl/N-ethyl adjacent to an activating group) is 1. The van der Waals surface area contributed by atoms with Crippen LogP contribution in [0.4, 0.5) is 5.69 Å². The van der Waals surface area contributed by atoms with Crippen LogP contribution in [0.15, 0.2) is 48.5 Å². The van der Waals surface area contributed by atoms with Crippen molar-refractivity contribution >= 4 is 11.6 Å². The van der Waals surface area contributed by atoms with E-state index < -0.39 is 0 Å². The van der Waals surface area contributed by atoms with Crippen LogP contribution in [0.2, 0.25) is 0 Å². The predicted octanol–water partition coefficient (Wildman–Crippen LogP) is 3.30. The lowest BCUT2D eigenvalue weighted by Gasteiger charge is -2.08. The summed E-state index contributed by atoms with van der Waals surface area (Å²) in [5, 5.41) is 5.86. The Morgan fingerprint density at radius 3 is 2.09 bits per heavy atom. The molecule has 116 valence electrons. The van der Waals surface area contributed by atoms with Crippen molar-refractivity contribution in [3.63, 3.8) is 0 Å². The van der Waals surface area contributed by atoms with Gasteiger partial charge in [0.1, 0.15) is 5.75 Å². The first-order chi connectivity index (χ1) is 10.7. The summed E-state index contributed by atoms with van der Waals surface area (Å²) in [7, 11) is 0. The van der Waals surface area contributed by atoms with Gasteiger partial charge >= 0.3 is 0 Å². The zero-order valence-electron chi connectivity index (χ0n) is 13.1. The molecule has 2 aromatic rings. The second kappa shape index (κ2) is 8.08. The fourth-order valence-electron chi connectivity index (χ4n) is 2.13. The number of nitrogens with one attached hydrogen (secondary N) is 2. The molecule has 0 unspecified atom stereocenters. The lowest BCUT2D eigenvalue weighted by Crippen LogP contribution is -2.29. The van der Waals surface area contributed by atoms with Gasteiger partial charge in [0.25, 0.3) is 0 Å². The van der Waals surface area contributed by atoms with Crippen molar-refractivity contribution in [1.29, 1.82) is 0 Å². The van der Waals surface area contributed by atoms with Gasteiger partial charge in [0.05, 0.1) is 13.2 Å². The molecule has 0 aliphatic carbocycles. The largest absolute Gasteiger partial charge is 0.494 e. The fourth-order valence-corrected chi connectivity index (χ4v) is 2.13. The minimum absolute atomic E-state index is 0.00177. The van der Waals surface area contributed by atoms with Gasteiger partial charge in [-0.3, -0.25) is 4.79 Å². The van der Waals surface area contributed by atoms with Gasteiger partial charge in [-0.1, -0.05) is 24.3 Å². The average Bonchev–Trinajstić information content (AvgIpc) is 2.55. The van der Waals surface area contributed by atoms with Crippen molar-refractivity contribution in [3.8, 4) is 16.9 Å². The molecule has 2 aromatic carbocycles. The van der Waals surface area contributed by atoms with E-state index in [-0.39, 0.29) is 12.5 Å². The van der Waals surface area contributed by atoms with Gasteiger partial charge in [0, 0.05) is 12.2 Å². The van der Waals surface area contributed by atoms with Crippen molar-refractivity contribution in [1.82, 2.24) is 5.32 Å². The van der Waals surface area contributed by atoms with Gasteiger partial charge in [0.2, 0.25) is 5.91 Å². The Labute approximate surface area is 131 Å². The Hall–Kier alpha value is -2.49. The number of carbonyl (C=O) groups excluding carboxylic acids is 1. The van der Waals surface area contributed by atoms with E-state index in [9.17, 15) is 4.79 Å². The van der Waals surface area contributed by atoms with E-state index in [4.69, 9.17) is 4.74 Å². The van der Waals surface area contributed by atoms with Gasteiger partial charge in [-0.2, -0.15) is 0 Å². The Balaban J connectivity index is 1.97. The second-order valence-electron chi connectivity index (χ2n) is 4.84. The predicted molar refractivity (Wildman–Crippen MR) is 90.2 cm³/mol. The Morgan fingerprint density at radius 1 is 0.955 bits per heavy atom. The summed E-state index contributed by atoms with van der Waals surface area (Å²) in [5.74, 6) is 0.879. The van der Waals surface area contributed by atoms with Crippen LogP contribution in [-0.4, -0.2) is 25.6 Å². The van der Waals surface area contributed by atoms with E-state index in [1.54, 1.807) is 0 Å². The molecule has 0 saturated heterocycles. The van der Waals surface area contributed by atoms with Gasteiger partial charge < -0.3 is 15.4 Å². The van der Waals surface area contributed by atoms with E-state index in [1.807, 2.05) is 62.4 Å². The summed E-state index contributed by atoms with van der Waals surface area (Å²) in [4.78, 5) is 11.4. The number of carbonyl (C=O) groups is 1. The monoisotopic (exact) mass is 298 g/mol. The maximum atomic E-state index is 11.4. The molecule has 0 atom stereocenters. The normalized spacial score (nSPS) is 10.1. The molecule has 0 aliphatic rings. The molecule has 0 aliphatic heterocycles. The minimum atomic E-state index is -0.00177. The van der Waals surface area contributed by atoms with Crippen LogP contribution < -0.4 is 15.4 Å². The lowest BCUT2D eigenvalue weighted by molar-refractivity contribution is -0.119. The first-order valence-corrected chi connectivity index (χ1v) is 7.56. The zero-order chi connectivity index (χ0) is 15.8. The Kier molecular flexibility index (Phi) is 5.83. The van der Waals surface area contributed by atoms with E-state index in [0.717, 1.165) is 22.6 Å². The summed E-state index contributed by atoms with van der Waals surface area (Å²) < 4.78 is 5.44. The molecule has 2 N–H and O–H groups in total. The molecule has 0 aromatic heterocycles. The third-order valence-electron chi connectivity index (χ3n) is 3.21. The van der Waals surface area contributed by atoms with Crippen LogP contribution in [0.5, 0.6) is 5.75 Å². The van der Waals surface area contributed by atoms with Crippen molar-refractivity contribution in [2.75, 3.05) is 25.0 Å². The highest BCUT2D eigenvalue weighted by atomic mass is 16.5. The highest BCUT2D eigenvalue weighted by Gasteiger charge is 2.01. The van der Waals surface area contributed by atoms with Crippen LogP contribution >= 0.6 is 0 Å². The quantitative estimate of drug-likeness (QED) is 0.824. The Bertz CT molecular complexity index is 591. The maximum absolute atomic E-state index is 11.4. The number of benzene rings is 2. The lowest BCUT2D eigenvalue weighted by atomic mass is 10.1. The van der Waals surface area contributed by atoms with Gasteiger partial charge in [-0.15, -0.1) is 0 Å². The number of ether oxygens (including phenoxy) is 1. The highest BCUT2D eigenvalue weighted by molar-refractivity contribution is 5.80. The Morgan fingerprint density at radius 2 is 1.55 bits per heavy atom. The molecule has 0 radical (unpaired) electrons. The minimum Gasteiger partial charge on any atom is -0.494 e. The zero-order valence-corrected chi connectivity index (χ0v) is 13.1. The number of hydrogen-bond donors (Lipinski definition) is 2. The standard InChI is InChI=1S/C18H22N2O2/c1-3-19-18(21)13-20-16-9-5-14(6-10-16)15-7-11-17(12-8-15)22-4-2/h5-12,20H,3-4,13H2,1-2H3,(H,19,21). The molecule has 4 nitrogen and oxygen atoms in total. The topological polar surface area (TPSA) is 50.4 Å². The summed E-state index contributed by atoms with van der Waals surface area (Å²) in [5.41, 5.74) is 3.20. The van der Waals surface area contributed by atoms with Crippen LogP contribution in [0, 0.1) is 0 Å². The van der Waals surface area contributed by atoms with Gasteiger partial charge in [0.15, 0.2) is 0 Å². The summed E-state index contributed by atoms with van der Waals surface area (Å²) in [6.07, 6.45) is 0. The van der Waals surface area contributed by atoms with Crippen LogP contribution in [-0.2, 0) is 4.79 Å². The summed E-state index contributed by atoms with van der Waals surface area (Å²) in [6.45, 7) is 5.49. The highest BCUT2D eigenvalue weighted by Crippen LogP contribution is 2.23. The van der Waals surface area contributed by atoms with E-state index in [0.29, 0.717) is 13.2 Å². The number of hydrogen-bond acceptors (Lipinski definition) is 3. The molecule has 0 fully saturated rings. The first-order valence-electron chi connectivity index (χ1n) is 7.56. The molecule has 0 saturated carbocycles. The van der Waals surface area contributed by atoms with Crippen molar-refractivity contribution in [2.45, 2.75) is 13.8 Å². The van der Waals surface area contributed by atoms with Gasteiger partial charge in [-0.25, -0.2) is 0 Å².